The van der Waals surface area contributed by atoms with Crippen molar-refractivity contribution >= 4 is 21.9 Å². The molecule has 0 amide bonds. The van der Waals surface area contributed by atoms with Gasteiger partial charge in [-0.2, -0.15) is 13.2 Å². The van der Waals surface area contributed by atoms with Crippen LogP contribution in [0.4, 0.5) is 26.3 Å². The molecule has 1 aromatic rings. The van der Waals surface area contributed by atoms with E-state index in [4.69, 9.17) is 5.11 Å². The topological polar surface area (TPSA) is 59.4 Å². The summed E-state index contributed by atoms with van der Waals surface area (Å²) in [6.07, 6.45) is -10.4. The number of carboxylic acids is 1. The molecule has 0 aliphatic carbocycles. The number of hydrogen-bond acceptors (Lipinski definition) is 3. The summed E-state index contributed by atoms with van der Waals surface area (Å²) in [6, 6.07) is 0.279. The summed E-state index contributed by atoms with van der Waals surface area (Å²) in [5.74, 6) is -3.33. The normalized spacial score (nSPS) is 12.3. The summed E-state index contributed by atoms with van der Waals surface area (Å²) in [6.45, 7) is 0. The molecule has 11 heteroatoms. The Morgan fingerprint density at radius 3 is 2.20 bits per heavy atom. The standard InChI is InChI=1S/C9H4BrF6NO3/c10-2-4-3(7(18)19)1-5(20-9(14,15)16)17-6(4)8(11,12)13/h1H,2H2,(H,18,19). The quantitative estimate of drug-likeness (QED) is 0.655. The van der Waals surface area contributed by atoms with E-state index in [-0.39, 0.29) is 6.07 Å². The van der Waals surface area contributed by atoms with E-state index in [1.807, 2.05) is 0 Å². The molecular weight excluding hydrogens is 364 g/mol. The minimum absolute atomic E-state index is 0.279. The molecule has 0 fully saturated rings. The van der Waals surface area contributed by atoms with Gasteiger partial charge in [0.15, 0.2) is 5.69 Å². The largest absolute Gasteiger partial charge is 0.574 e. The number of carbonyl (C=O) groups is 1. The summed E-state index contributed by atoms with van der Waals surface area (Å²) < 4.78 is 77.2. The van der Waals surface area contributed by atoms with Crippen molar-refractivity contribution in [2.24, 2.45) is 0 Å². The zero-order valence-corrected chi connectivity index (χ0v) is 10.7. The first-order valence-electron chi connectivity index (χ1n) is 4.62. The van der Waals surface area contributed by atoms with Crippen molar-refractivity contribution in [2.45, 2.75) is 17.9 Å². The van der Waals surface area contributed by atoms with Crippen molar-refractivity contribution < 1.29 is 41.0 Å². The van der Waals surface area contributed by atoms with Crippen LogP contribution in [0.2, 0.25) is 0 Å². The lowest BCUT2D eigenvalue weighted by molar-refractivity contribution is -0.276. The third-order valence-electron chi connectivity index (χ3n) is 1.95. The van der Waals surface area contributed by atoms with Gasteiger partial charge in [-0.3, -0.25) is 0 Å². The minimum Gasteiger partial charge on any atom is -0.478 e. The maximum Gasteiger partial charge on any atom is 0.574 e. The lowest BCUT2D eigenvalue weighted by atomic mass is 10.1. The fourth-order valence-corrected chi connectivity index (χ4v) is 1.85. The van der Waals surface area contributed by atoms with Gasteiger partial charge in [0, 0.05) is 17.0 Å². The highest BCUT2D eigenvalue weighted by Gasteiger charge is 2.39. The van der Waals surface area contributed by atoms with E-state index in [1.165, 1.54) is 0 Å². The Balaban J connectivity index is 3.52. The number of nitrogens with zero attached hydrogens (tertiary/aromatic N) is 1. The van der Waals surface area contributed by atoms with Crippen molar-refractivity contribution in [1.82, 2.24) is 4.98 Å². The Morgan fingerprint density at radius 1 is 1.30 bits per heavy atom. The lowest BCUT2D eigenvalue weighted by Crippen LogP contribution is -2.21. The van der Waals surface area contributed by atoms with Crippen LogP contribution in [0.25, 0.3) is 0 Å². The minimum atomic E-state index is -5.29. The number of pyridine rings is 1. The van der Waals surface area contributed by atoms with Gasteiger partial charge in [0.2, 0.25) is 5.88 Å². The molecule has 0 saturated heterocycles. The van der Waals surface area contributed by atoms with E-state index in [0.717, 1.165) is 0 Å². The van der Waals surface area contributed by atoms with Crippen LogP contribution in [0.15, 0.2) is 6.07 Å². The molecular formula is C9H4BrF6NO3. The van der Waals surface area contributed by atoms with Crippen LogP contribution in [0.5, 0.6) is 5.88 Å². The van der Waals surface area contributed by atoms with E-state index in [0.29, 0.717) is 0 Å². The fraction of sp³-hybridized carbons (Fsp3) is 0.333. The maximum absolute atomic E-state index is 12.7. The first-order chi connectivity index (χ1) is 8.95. The van der Waals surface area contributed by atoms with Crippen LogP contribution >= 0.6 is 15.9 Å². The van der Waals surface area contributed by atoms with Gasteiger partial charge in [0.25, 0.3) is 0 Å². The Kier molecular flexibility index (Phi) is 4.52. The number of aromatic carboxylic acids is 1. The second-order valence-corrected chi connectivity index (χ2v) is 3.88. The molecule has 0 aliphatic rings. The molecule has 0 atom stereocenters. The number of ether oxygens (including phenoxy) is 1. The first kappa shape index (κ1) is 16.5. The summed E-state index contributed by atoms with van der Waals surface area (Å²) in [7, 11) is 0. The van der Waals surface area contributed by atoms with E-state index in [2.05, 4.69) is 25.7 Å². The van der Waals surface area contributed by atoms with Crippen molar-refractivity contribution in [1.29, 1.82) is 0 Å². The van der Waals surface area contributed by atoms with Gasteiger partial charge >= 0.3 is 18.5 Å². The Labute approximate surface area is 115 Å². The molecule has 1 N–H and O–H groups in total. The van der Waals surface area contributed by atoms with Gasteiger partial charge in [-0.25, -0.2) is 9.78 Å². The highest BCUT2D eigenvalue weighted by Crippen LogP contribution is 2.36. The van der Waals surface area contributed by atoms with Crippen molar-refractivity contribution in [3.63, 3.8) is 0 Å². The highest BCUT2D eigenvalue weighted by molar-refractivity contribution is 9.08. The van der Waals surface area contributed by atoms with Crippen molar-refractivity contribution in [2.75, 3.05) is 0 Å². The predicted molar refractivity (Wildman–Crippen MR) is 55.5 cm³/mol. The van der Waals surface area contributed by atoms with Gasteiger partial charge in [-0.1, -0.05) is 15.9 Å². The molecule has 112 valence electrons. The molecule has 0 aromatic carbocycles. The monoisotopic (exact) mass is 367 g/mol. The van der Waals surface area contributed by atoms with E-state index >= 15 is 0 Å². The van der Waals surface area contributed by atoms with Crippen LogP contribution < -0.4 is 4.74 Å². The Morgan fingerprint density at radius 2 is 1.85 bits per heavy atom. The van der Waals surface area contributed by atoms with Crippen LogP contribution in [0, 0.1) is 0 Å². The highest BCUT2D eigenvalue weighted by atomic mass is 79.9. The van der Waals surface area contributed by atoms with E-state index in [9.17, 15) is 31.1 Å². The molecule has 0 aliphatic heterocycles. The van der Waals surface area contributed by atoms with Gasteiger partial charge in [-0.15, -0.1) is 13.2 Å². The van der Waals surface area contributed by atoms with Gasteiger partial charge < -0.3 is 9.84 Å². The average Bonchev–Trinajstić information content (AvgIpc) is 2.24. The molecule has 4 nitrogen and oxygen atoms in total. The second-order valence-electron chi connectivity index (χ2n) is 3.32. The molecule has 0 unspecified atom stereocenters. The van der Waals surface area contributed by atoms with E-state index < -0.39 is 46.5 Å². The van der Waals surface area contributed by atoms with Gasteiger partial charge in [0.1, 0.15) is 0 Å². The van der Waals surface area contributed by atoms with Crippen molar-refractivity contribution in [3.05, 3.63) is 22.9 Å². The number of hydrogen-bond donors (Lipinski definition) is 1. The van der Waals surface area contributed by atoms with Crippen LogP contribution in [0.1, 0.15) is 21.6 Å². The summed E-state index contributed by atoms with van der Waals surface area (Å²) >= 11 is 2.64. The molecule has 0 saturated carbocycles. The number of rotatable bonds is 3. The summed E-state index contributed by atoms with van der Waals surface area (Å²) in [4.78, 5) is 13.5. The number of alkyl halides is 7. The lowest BCUT2D eigenvalue weighted by Gasteiger charge is -2.15. The Bertz CT molecular complexity index is 528. The fourth-order valence-electron chi connectivity index (χ4n) is 1.28. The van der Waals surface area contributed by atoms with Crippen LogP contribution in [-0.4, -0.2) is 22.4 Å². The first-order valence-corrected chi connectivity index (χ1v) is 5.74. The third-order valence-corrected chi connectivity index (χ3v) is 2.51. The zero-order valence-electron chi connectivity index (χ0n) is 9.14. The molecule has 1 rings (SSSR count). The molecule has 0 bridgehead atoms. The van der Waals surface area contributed by atoms with Crippen molar-refractivity contribution in [3.8, 4) is 5.88 Å². The molecule has 1 aromatic heterocycles. The second kappa shape index (κ2) is 5.46. The molecule has 0 radical (unpaired) electrons. The Hall–Kier alpha value is -1.52. The number of aromatic nitrogens is 1. The van der Waals surface area contributed by atoms with Gasteiger partial charge in [-0.05, 0) is 0 Å². The maximum atomic E-state index is 12.7. The molecule has 20 heavy (non-hydrogen) atoms. The SMILES string of the molecule is O=C(O)c1cc(OC(F)(F)F)nc(C(F)(F)F)c1CBr. The predicted octanol–water partition coefficient (Wildman–Crippen LogP) is 3.59. The number of halogens is 7. The average molecular weight is 368 g/mol. The van der Waals surface area contributed by atoms with Crippen LogP contribution in [0.3, 0.4) is 0 Å². The third kappa shape index (κ3) is 3.99. The zero-order chi connectivity index (χ0) is 15.7. The number of carboxylic acid groups (broad SMARTS) is 1. The smallest absolute Gasteiger partial charge is 0.478 e. The van der Waals surface area contributed by atoms with Crippen LogP contribution in [-0.2, 0) is 11.5 Å². The molecule has 0 spiro atoms. The molecule has 1 heterocycles. The van der Waals surface area contributed by atoms with Gasteiger partial charge in [0.05, 0.1) is 5.56 Å². The summed E-state index contributed by atoms with van der Waals surface area (Å²) in [5, 5.41) is 8.20. The van der Waals surface area contributed by atoms with E-state index in [1.54, 1.807) is 0 Å². The summed E-state index contributed by atoms with van der Waals surface area (Å²) in [5.41, 5.74) is -3.53.